The fourth-order valence-electron chi connectivity index (χ4n) is 2.01. The van der Waals surface area contributed by atoms with Gasteiger partial charge in [-0.05, 0) is 31.5 Å². The quantitative estimate of drug-likeness (QED) is 0.923. The van der Waals surface area contributed by atoms with Gasteiger partial charge >= 0.3 is 0 Å². The summed E-state index contributed by atoms with van der Waals surface area (Å²) in [6.07, 6.45) is 7.33. The summed E-state index contributed by atoms with van der Waals surface area (Å²) in [7, 11) is 3.82. The van der Waals surface area contributed by atoms with E-state index in [1.807, 2.05) is 26.5 Å². The van der Waals surface area contributed by atoms with E-state index in [-0.39, 0.29) is 6.04 Å². The molecule has 0 radical (unpaired) electrons. The fraction of sp³-hybridized carbons (Fsp3) is 0.385. The highest BCUT2D eigenvalue weighted by Gasteiger charge is 2.15. The van der Waals surface area contributed by atoms with Gasteiger partial charge in [-0.1, -0.05) is 23.2 Å². The Balaban J connectivity index is 2.07. The van der Waals surface area contributed by atoms with Crippen LogP contribution < -0.4 is 5.32 Å². The van der Waals surface area contributed by atoms with E-state index in [1.54, 1.807) is 16.9 Å². The lowest BCUT2D eigenvalue weighted by Crippen LogP contribution is -2.18. The van der Waals surface area contributed by atoms with Crippen molar-refractivity contribution in [3.63, 3.8) is 0 Å². The number of hydrogen-bond donors (Lipinski definition) is 1. The first-order chi connectivity index (χ1) is 9.10. The monoisotopic (exact) mass is 298 g/mol. The van der Waals surface area contributed by atoms with Crippen LogP contribution in [0.15, 0.2) is 24.7 Å². The first-order valence-corrected chi connectivity index (χ1v) is 6.81. The molecule has 2 aromatic rings. The van der Waals surface area contributed by atoms with Crippen LogP contribution in [0, 0.1) is 0 Å². The van der Waals surface area contributed by atoms with Crippen LogP contribution in [0.25, 0.3) is 0 Å². The third-order valence-electron chi connectivity index (χ3n) is 2.99. The lowest BCUT2D eigenvalue weighted by atomic mass is 10.0. The van der Waals surface area contributed by atoms with Gasteiger partial charge in [-0.3, -0.25) is 9.67 Å². The van der Waals surface area contributed by atoms with Gasteiger partial charge in [-0.25, -0.2) is 0 Å². The molecular formula is C13H16Cl2N4. The zero-order chi connectivity index (χ0) is 13.8. The van der Waals surface area contributed by atoms with Gasteiger partial charge < -0.3 is 5.32 Å². The summed E-state index contributed by atoms with van der Waals surface area (Å²) in [6, 6.07) is 1.82. The van der Waals surface area contributed by atoms with Gasteiger partial charge in [0.25, 0.3) is 0 Å². The van der Waals surface area contributed by atoms with Gasteiger partial charge in [-0.2, -0.15) is 5.10 Å². The molecule has 19 heavy (non-hydrogen) atoms. The molecule has 1 N–H and O–H groups in total. The molecular weight excluding hydrogens is 283 g/mol. The molecule has 2 rings (SSSR count). The Morgan fingerprint density at radius 2 is 2.16 bits per heavy atom. The fourth-order valence-corrected chi connectivity index (χ4v) is 2.52. The third-order valence-corrected chi connectivity index (χ3v) is 3.50. The van der Waals surface area contributed by atoms with Gasteiger partial charge in [0.2, 0.25) is 0 Å². The molecule has 2 aromatic heterocycles. The van der Waals surface area contributed by atoms with Crippen LogP contribution in [-0.4, -0.2) is 21.8 Å². The lowest BCUT2D eigenvalue weighted by molar-refractivity contribution is 0.536. The maximum atomic E-state index is 6.19. The molecule has 0 aliphatic heterocycles. The van der Waals surface area contributed by atoms with Crippen LogP contribution in [0.3, 0.4) is 0 Å². The molecule has 0 spiro atoms. The molecule has 2 heterocycles. The third kappa shape index (κ3) is 3.69. The van der Waals surface area contributed by atoms with Crippen molar-refractivity contribution < 1.29 is 0 Å². The van der Waals surface area contributed by atoms with Crippen molar-refractivity contribution in [1.29, 1.82) is 0 Å². The van der Waals surface area contributed by atoms with Crippen molar-refractivity contribution in [2.24, 2.45) is 7.05 Å². The summed E-state index contributed by atoms with van der Waals surface area (Å²) in [6.45, 7) is 0. The molecule has 0 saturated carbocycles. The Morgan fingerprint density at radius 1 is 1.37 bits per heavy atom. The van der Waals surface area contributed by atoms with Crippen molar-refractivity contribution >= 4 is 23.2 Å². The minimum atomic E-state index is 0.102. The summed E-state index contributed by atoms with van der Waals surface area (Å²) in [5.74, 6) is 0. The maximum Gasteiger partial charge on any atom is 0.0760 e. The number of halogens is 2. The van der Waals surface area contributed by atoms with Gasteiger partial charge in [0.15, 0.2) is 0 Å². The molecule has 0 fully saturated rings. The van der Waals surface area contributed by atoms with E-state index in [2.05, 4.69) is 15.4 Å². The maximum absolute atomic E-state index is 6.19. The van der Waals surface area contributed by atoms with Crippen molar-refractivity contribution in [1.82, 2.24) is 20.1 Å². The van der Waals surface area contributed by atoms with Gasteiger partial charge in [0.05, 0.1) is 28.0 Å². The van der Waals surface area contributed by atoms with Crippen LogP contribution in [-0.2, 0) is 13.5 Å². The minimum absolute atomic E-state index is 0.102. The van der Waals surface area contributed by atoms with Crippen molar-refractivity contribution in [3.05, 3.63) is 46.0 Å². The van der Waals surface area contributed by atoms with Crippen LogP contribution in [0.5, 0.6) is 0 Å². The number of aryl methyl sites for hydroxylation is 2. The molecule has 0 aromatic carbocycles. The van der Waals surface area contributed by atoms with E-state index < -0.39 is 0 Å². The molecule has 1 unspecified atom stereocenters. The highest BCUT2D eigenvalue weighted by molar-refractivity contribution is 6.34. The molecule has 0 aliphatic carbocycles. The number of nitrogens with one attached hydrogen (secondary N) is 1. The summed E-state index contributed by atoms with van der Waals surface area (Å²) >= 11 is 12.0. The van der Waals surface area contributed by atoms with Crippen LogP contribution in [0.4, 0.5) is 0 Å². The number of rotatable bonds is 5. The average molecular weight is 299 g/mol. The van der Waals surface area contributed by atoms with Gasteiger partial charge in [-0.15, -0.1) is 0 Å². The first kappa shape index (κ1) is 14.3. The molecule has 0 amide bonds. The number of hydrogen-bond acceptors (Lipinski definition) is 3. The van der Waals surface area contributed by atoms with E-state index in [9.17, 15) is 0 Å². The summed E-state index contributed by atoms with van der Waals surface area (Å²) in [4.78, 5) is 4.32. The van der Waals surface area contributed by atoms with Gasteiger partial charge in [0.1, 0.15) is 0 Å². The Morgan fingerprint density at radius 3 is 2.74 bits per heavy atom. The van der Waals surface area contributed by atoms with Crippen molar-refractivity contribution in [2.45, 2.75) is 18.9 Å². The predicted molar refractivity (Wildman–Crippen MR) is 77.6 cm³/mol. The average Bonchev–Trinajstić information content (AvgIpc) is 2.78. The normalized spacial score (nSPS) is 12.6. The Kier molecular flexibility index (Phi) is 4.80. The summed E-state index contributed by atoms with van der Waals surface area (Å²) in [5, 5.41) is 8.54. The Hall–Kier alpha value is -1.10. The number of aromatic nitrogens is 3. The Bertz CT molecular complexity index is 553. The van der Waals surface area contributed by atoms with E-state index in [0.29, 0.717) is 10.0 Å². The number of pyridine rings is 1. The molecule has 0 saturated heterocycles. The van der Waals surface area contributed by atoms with E-state index in [0.717, 1.165) is 18.5 Å². The van der Waals surface area contributed by atoms with Crippen LogP contribution in [0.1, 0.15) is 23.7 Å². The molecule has 6 heteroatoms. The highest BCUT2D eigenvalue weighted by atomic mass is 35.5. The van der Waals surface area contributed by atoms with E-state index >= 15 is 0 Å². The molecule has 0 bridgehead atoms. The lowest BCUT2D eigenvalue weighted by Gasteiger charge is -2.16. The topological polar surface area (TPSA) is 42.7 Å². The second-order valence-electron chi connectivity index (χ2n) is 4.42. The second kappa shape index (κ2) is 6.37. The first-order valence-electron chi connectivity index (χ1n) is 6.06. The van der Waals surface area contributed by atoms with E-state index in [4.69, 9.17) is 23.2 Å². The number of nitrogens with zero attached hydrogens (tertiary/aromatic N) is 3. The standard InChI is InChI=1S/C13H16Cl2N4/c1-16-12(4-3-9-6-18-19(2)8-9)13-11(15)5-10(14)7-17-13/h5-8,12,16H,3-4H2,1-2H3. The van der Waals surface area contributed by atoms with Crippen molar-refractivity contribution in [3.8, 4) is 0 Å². The molecule has 102 valence electrons. The highest BCUT2D eigenvalue weighted by Crippen LogP contribution is 2.26. The summed E-state index contributed by atoms with van der Waals surface area (Å²) in [5.41, 5.74) is 2.03. The minimum Gasteiger partial charge on any atom is -0.312 e. The zero-order valence-corrected chi connectivity index (χ0v) is 12.4. The Labute approximate surface area is 122 Å². The smallest absolute Gasteiger partial charge is 0.0760 e. The van der Waals surface area contributed by atoms with Gasteiger partial charge in [0, 0.05) is 19.4 Å². The summed E-state index contributed by atoms with van der Waals surface area (Å²) < 4.78 is 1.80. The van der Waals surface area contributed by atoms with Crippen LogP contribution in [0.2, 0.25) is 10.0 Å². The molecule has 4 nitrogen and oxygen atoms in total. The second-order valence-corrected chi connectivity index (χ2v) is 5.27. The molecule has 0 aliphatic rings. The zero-order valence-electron chi connectivity index (χ0n) is 10.9. The predicted octanol–water partition coefficient (Wildman–Crippen LogP) is 3.02. The van der Waals surface area contributed by atoms with Crippen molar-refractivity contribution in [2.75, 3.05) is 7.05 Å². The SMILES string of the molecule is CNC(CCc1cnn(C)c1)c1ncc(Cl)cc1Cl. The largest absolute Gasteiger partial charge is 0.312 e. The van der Waals surface area contributed by atoms with E-state index in [1.165, 1.54) is 5.56 Å². The van der Waals surface area contributed by atoms with Crippen LogP contribution >= 0.6 is 23.2 Å². The molecule has 1 atom stereocenters.